The van der Waals surface area contributed by atoms with Crippen molar-refractivity contribution in [2.75, 3.05) is 157 Å². The van der Waals surface area contributed by atoms with Crippen LogP contribution in [0.25, 0.3) is 0 Å². The van der Waals surface area contributed by atoms with Crippen LogP contribution in [0.4, 0.5) is 0 Å². The number of rotatable bonds is 20. The summed E-state index contributed by atoms with van der Waals surface area (Å²) in [4.78, 5) is 33.6. The van der Waals surface area contributed by atoms with E-state index < -0.39 is 0 Å². The summed E-state index contributed by atoms with van der Waals surface area (Å²) in [5.41, 5.74) is 4.96. The molecule has 0 spiro atoms. The molecule has 13 nitrogen and oxygen atoms in total. The van der Waals surface area contributed by atoms with Gasteiger partial charge in [-0.2, -0.15) is 0 Å². The fourth-order valence-electron chi connectivity index (χ4n) is 19.9. The average molecular weight is 1800 g/mol. The monoisotopic (exact) mass is 1800 g/mol. The van der Waals surface area contributed by atoms with E-state index in [1.165, 1.54) is 279 Å². The Morgan fingerprint density at radius 1 is 0.180 bits per heavy atom. The zero-order chi connectivity index (χ0) is 97.0. The van der Waals surface area contributed by atoms with Crippen molar-refractivity contribution in [3.63, 3.8) is 0 Å². The minimum atomic E-state index is 0.694. The van der Waals surface area contributed by atoms with Crippen LogP contribution in [-0.2, 0) is 0 Å². The molecule has 2 unspecified atom stereocenters. The lowest BCUT2D eigenvalue weighted by atomic mass is 9.86. The molecule has 10 heterocycles. The third kappa shape index (κ3) is 54.7. The lowest BCUT2D eigenvalue weighted by molar-refractivity contribution is 0.0408. The summed E-state index contributed by atoms with van der Waals surface area (Å²) in [7, 11) is 0. The first kappa shape index (κ1) is 125. The number of allylic oxidation sites excluding steroid dienone is 2. The molecule has 0 radical (unpaired) electrons. The van der Waals surface area contributed by atoms with Gasteiger partial charge in [0.15, 0.2) is 0 Å². The van der Waals surface area contributed by atoms with Crippen LogP contribution >= 0.6 is 0 Å². The van der Waals surface area contributed by atoms with Crippen molar-refractivity contribution in [3.8, 4) is 0 Å². The van der Waals surface area contributed by atoms with Crippen molar-refractivity contribution in [3.05, 3.63) is 34.9 Å². The van der Waals surface area contributed by atoms with E-state index in [2.05, 4.69) is 359 Å². The topological polar surface area (TPSA) is 42.1 Å². The van der Waals surface area contributed by atoms with E-state index in [1.807, 2.05) is 0 Å². The third-order valence-electron chi connectivity index (χ3n) is 31.0. The molecule has 0 aromatic heterocycles. The van der Waals surface area contributed by atoms with Gasteiger partial charge in [0, 0.05) is 151 Å². The van der Waals surface area contributed by atoms with Gasteiger partial charge >= 0.3 is 0 Å². The highest BCUT2D eigenvalue weighted by Crippen LogP contribution is 2.31. The molecule has 0 amide bonds. The standard InChI is InChI=1S/C13H27N.C13H25N.C12H25N.C12H23N.C12H25N.C12H23N.2C11H24N2.C10H22N2.C9H19N/c2*1-11(2)13-7-5-9-14(12(3)4)10-6-8-13;2*1-10(2)12-6-5-8-13(9-7-12)11(3)4;2*1-10(2)12-7-5-6-8-13(9-12)11(3)4;1-10(2)12-6-5-7-13(9-8-12)11(3)4;1-10(2)12-7-5-6-8-13(9-12)11(3)4;1-9(2)11-6-5-7-12(8-11)10(3)4;1-7(2)9-5-10(6-9)8(3)4/h11-13H,5-10H2,1-4H3;7,11-12H,5-6,8-10H2,1-4H3;10-12H,5-9H2,1-4H3;6,10-11H,5,7-9H2,1-4H3;10-12H,5-9H2,1-4H3;7,10-11H,5-6,8-9H2,1-4H3;2*10-11H,5-9H2,1-4H3;9-10H,5-8H2,1-4H3;7-9H,5-6H2,1-4H3/b;13-7+;;;;;;;;. The fraction of sp³-hybridized carbons (Fsp3) is 0.948. The molecule has 7 fully saturated rings. The maximum absolute atomic E-state index is 2.65. The first-order valence-corrected chi connectivity index (χ1v) is 55.8. The van der Waals surface area contributed by atoms with Gasteiger partial charge < -0.3 is 29.4 Å². The second-order valence-electron chi connectivity index (χ2n) is 47.4. The number of hydrogen-bond acceptors (Lipinski definition) is 13. The summed E-state index contributed by atoms with van der Waals surface area (Å²) in [5.74, 6) is 9.61. The molecule has 2 atom stereocenters. The summed E-state index contributed by atoms with van der Waals surface area (Å²) in [6.07, 6.45) is 36.0. The first-order chi connectivity index (χ1) is 60.1. The molecule has 128 heavy (non-hydrogen) atoms. The Morgan fingerprint density at radius 2 is 0.445 bits per heavy atom. The van der Waals surface area contributed by atoms with Crippen LogP contribution in [0.3, 0.4) is 0 Å². The van der Waals surface area contributed by atoms with Crippen molar-refractivity contribution in [1.29, 1.82) is 0 Å². The normalized spacial score (nSPS) is 23.2. The molecular formula is C115H237N13. The second-order valence-corrected chi connectivity index (χ2v) is 47.4. The van der Waals surface area contributed by atoms with Crippen LogP contribution in [0.2, 0.25) is 0 Å². The second kappa shape index (κ2) is 70.3. The van der Waals surface area contributed by atoms with Crippen molar-refractivity contribution in [2.45, 2.75) is 490 Å². The third-order valence-corrected chi connectivity index (χ3v) is 31.0. The smallest absolute Gasteiger partial charge is 0.0511 e. The summed E-state index contributed by atoms with van der Waals surface area (Å²) in [5, 5.41) is 0. The lowest BCUT2D eigenvalue weighted by Gasteiger charge is -2.44. The number of hydrogen-bond donors (Lipinski definition) is 0. The highest BCUT2D eigenvalue weighted by molar-refractivity contribution is 5.10. The first-order valence-electron chi connectivity index (χ1n) is 55.8. The van der Waals surface area contributed by atoms with E-state index in [1.54, 1.807) is 16.7 Å². The van der Waals surface area contributed by atoms with Gasteiger partial charge in [-0.15, -0.1) is 0 Å². The Labute approximate surface area is 806 Å². The van der Waals surface area contributed by atoms with Crippen LogP contribution in [0, 0.1) is 65.1 Å². The van der Waals surface area contributed by atoms with Gasteiger partial charge in [0.2, 0.25) is 0 Å². The van der Waals surface area contributed by atoms with Crippen LogP contribution in [0.5, 0.6) is 0 Å². The molecule has 0 aromatic carbocycles. The zero-order valence-corrected chi connectivity index (χ0v) is 94.7. The average Bonchev–Trinajstić information content (AvgIpc) is 0.856. The molecule has 0 aliphatic carbocycles. The van der Waals surface area contributed by atoms with Gasteiger partial charge in [0.1, 0.15) is 0 Å². The largest absolute Gasteiger partial charge is 0.301 e. The molecule has 10 aliphatic rings. The zero-order valence-electron chi connectivity index (χ0n) is 94.7. The Kier molecular flexibility index (Phi) is 68.5. The van der Waals surface area contributed by atoms with E-state index in [0.717, 1.165) is 103 Å². The molecule has 0 saturated carbocycles. The van der Waals surface area contributed by atoms with Gasteiger partial charge in [-0.25, -0.2) is 0 Å². The van der Waals surface area contributed by atoms with Gasteiger partial charge in [0.05, 0.1) is 13.3 Å². The molecule has 0 N–H and O–H groups in total. The molecule has 0 aromatic rings. The highest BCUT2D eigenvalue weighted by atomic mass is 15.4. The Morgan fingerprint density at radius 3 is 0.812 bits per heavy atom. The summed E-state index contributed by atoms with van der Waals surface area (Å²) < 4.78 is 0. The maximum atomic E-state index is 2.65. The molecule has 7 saturated heterocycles. The van der Waals surface area contributed by atoms with Crippen molar-refractivity contribution < 1.29 is 0 Å². The summed E-state index contributed by atoms with van der Waals surface area (Å²) >= 11 is 0. The van der Waals surface area contributed by atoms with Crippen LogP contribution in [0.15, 0.2) is 34.9 Å². The van der Waals surface area contributed by atoms with E-state index >= 15 is 0 Å². The van der Waals surface area contributed by atoms with Crippen LogP contribution in [-0.4, -0.2) is 300 Å². The Bertz CT molecular complexity index is 2500. The van der Waals surface area contributed by atoms with E-state index in [-0.39, 0.29) is 0 Å². The fourth-order valence-corrected chi connectivity index (χ4v) is 19.9. The van der Waals surface area contributed by atoms with Gasteiger partial charge in [-0.3, -0.25) is 34.3 Å². The van der Waals surface area contributed by atoms with Gasteiger partial charge in [0.25, 0.3) is 0 Å². The summed E-state index contributed by atoms with van der Waals surface area (Å²) in [6, 6.07) is 9.31. The molecule has 10 aliphatic heterocycles. The van der Waals surface area contributed by atoms with Crippen molar-refractivity contribution in [1.82, 2.24) is 63.7 Å². The Hall–Kier alpha value is -1.30. The van der Waals surface area contributed by atoms with Crippen molar-refractivity contribution in [2.24, 2.45) is 65.1 Å². The molecule has 10 rings (SSSR count). The molecule has 0 bridgehead atoms. The molecule has 13 heteroatoms. The van der Waals surface area contributed by atoms with E-state index in [9.17, 15) is 0 Å². The Balaban J connectivity index is 0.000000712. The van der Waals surface area contributed by atoms with Crippen LogP contribution < -0.4 is 0 Å². The number of nitrogens with zero attached hydrogens (tertiary/aromatic N) is 13. The predicted octanol–water partition coefficient (Wildman–Crippen LogP) is 27.2. The minimum Gasteiger partial charge on any atom is -0.301 e. The van der Waals surface area contributed by atoms with Gasteiger partial charge in [-0.05, 0) is 446 Å². The molecular weight excluding hydrogens is 1560 g/mol. The lowest BCUT2D eigenvalue weighted by Crippen LogP contribution is -2.51. The quantitative estimate of drug-likeness (QED) is 0.109. The minimum absolute atomic E-state index is 0.694. The SMILES string of the molecule is CC(C)/C1=C/CCN(C(C)C)CCC1.CC(C)C1=CCCCN(C(C)C)C1.CC(C)C1=CCCN(C(C)C)CC1.CC(C)C1CCCCN(C(C)C)C1.CC(C)C1CCCN(C(C)C)CC1.CC(C)C1CCCN(C(C)C)CCC1.CC(C)C1CN(C(C)C)C1.CC(C)N1CCCCN(C(C)C)C1.CC(C)N1CCCN(C(C)C)C1.CC(C)N1CCCN(C(C)C)CC1. The van der Waals surface area contributed by atoms with E-state index in [0.29, 0.717) is 54.4 Å². The summed E-state index contributed by atoms with van der Waals surface area (Å²) in [6.45, 7) is 123. The van der Waals surface area contributed by atoms with Crippen LogP contribution in [0.1, 0.15) is 412 Å². The van der Waals surface area contributed by atoms with Gasteiger partial charge in [-0.1, -0.05) is 138 Å². The highest BCUT2D eigenvalue weighted by Gasteiger charge is 2.31. The van der Waals surface area contributed by atoms with E-state index in [4.69, 9.17) is 0 Å². The van der Waals surface area contributed by atoms with Crippen molar-refractivity contribution >= 4 is 0 Å². The molecule has 762 valence electrons. The maximum Gasteiger partial charge on any atom is 0.0511 e. The number of likely N-dealkylation sites (tertiary alicyclic amines) is 4. The predicted molar refractivity (Wildman–Crippen MR) is 577 cm³/mol.